The van der Waals surface area contributed by atoms with E-state index in [1.807, 2.05) is 0 Å². The number of hydrogen-bond acceptors (Lipinski definition) is 3. The fourth-order valence-corrected chi connectivity index (χ4v) is 1.59. The van der Waals surface area contributed by atoms with Crippen molar-refractivity contribution < 1.29 is 9.47 Å². The molecule has 0 saturated carbocycles. The second-order valence-electron chi connectivity index (χ2n) is 3.99. The second kappa shape index (κ2) is 9.16. The highest BCUT2D eigenvalue weighted by atomic mass is 16.5. The maximum Gasteiger partial charge on any atom is 0.0721 e. The van der Waals surface area contributed by atoms with Crippen LogP contribution in [0.1, 0.15) is 24.5 Å². The fraction of sp³-hybridized carbons (Fsp3) is 0.571. The summed E-state index contributed by atoms with van der Waals surface area (Å²) in [7, 11) is 1.69. The summed E-state index contributed by atoms with van der Waals surface area (Å²) in [4.78, 5) is 0. The van der Waals surface area contributed by atoms with Gasteiger partial charge in [0.15, 0.2) is 0 Å². The Morgan fingerprint density at radius 3 is 2.59 bits per heavy atom. The average Bonchev–Trinajstić information content (AvgIpc) is 2.36. The van der Waals surface area contributed by atoms with Crippen LogP contribution in [0.15, 0.2) is 24.3 Å². The molecule has 0 aliphatic carbocycles. The van der Waals surface area contributed by atoms with Crippen LogP contribution in [0.25, 0.3) is 0 Å². The van der Waals surface area contributed by atoms with Gasteiger partial charge in [-0.15, -0.1) is 0 Å². The topological polar surface area (TPSA) is 30.5 Å². The third-order valence-corrected chi connectivity index (χ3v) is 2.55. The summed E-state index contributed by atoms with van der Waals surface area (Å²) in [6.45, 7) is 6.10. The molecule has 0 aromatic heterocycles. The van der Waals surface area contributed by atoms with E-state index in [9.17, 15) is 0 Å². The SMILES string of the molecule is CCCNCc1ccccc1COCCOC. The van der Waals surface area contributed by atoms with Gasteiger partial charge in [-0.3, -0.25) is 0 Å². The highest BCUT2D eigenvalue weighted by Gasteiger charge is 2.01. The van der Waals surface area contributed by atoms with Gasteiger partial charge in [0.2, 0.25) is 0 Å². The van der Waals surface area contributed by atoms with Crippen LogP contribution in [0.2, 0.25) is 0 Å². The van der Waals surface area contributed by atoms with Crippen LogP contribution < -0.4 is 5.32 Å². The normalized spacial score (nSPS) is 10.7. The van der Waals surface area contributed by atoms with Gasteiger partial charge < -0.3 is 14.8 Å². The molecule has 3 heteroatoms. The minimum absolute atomic E-state index is 0.646. The molecule has 0 spiro atoms. The summed E-state index contributed by atoms with van der Waals surface area (Å²) in [5, 5.41) is 3.41. The number of methoxy groups -OCH3 is 1. The van der Waals surface area contributed by atoms with Crippen molar-refractivity contribution in [3.05, 3.63) is 35.4 Å². The Balaban J connectivity index is 2.40. The molecule has 0 fully saturated rings. The van der Waals surface area contributed by atoms with Crippen molar-refractivity contribution >= 4 is 0 Å². The Labute approximate surface area is 104 Å². The van der Waals surface area contributed by atoms with E-state index in [1.165, 1.54) is 11.1 Å². The number of hydrogen-bond donors (Lipinski definition) is 1. The van der Waals surface area contributed by atoms with Crippen LogP contribution >= 0.6 is 0 Å². The summed E-state index contributed by atoms with van der Waals surface area (Å²) >= 11 is 0. The quantitative estimate of drug-likeness (QED) is 0.669. The number of benzene rings is 1. The first kappa shape index (κ1) is 14.2. The highest BCUT2D eigenvalue weighted by Crippen LogP contribution is 2.09. The average molecular weight is 237 g/mol. The highest BCUT2D eigenvalue weighted by molar-refractivity contribution is 5.26. The standard InChI is InChI=1S/C14H23NO2/c1-3-8-15-11-13-6-4-5-7-14(13)12-17-10-9-16-2/h4-7,15H,3,8-12H2,1-2H3. The molecule has 0 atom stereocenters. The molecule has 0 radical (unpaired) electrons. The molecule has 1 aromatic rings. The van der Waals surface area contributed by atoms with Gasteiger partial charge in [-0.1, -0.05) is 31.2 Å². The predicted molar refractivity (Wildman–Crippen MR) is 70.0 cm³/mol. The molecule has 0 aliphatic rings. The Hall–Kier alpha value is -0.900. The lowest BCUT2D eigenvalue weighted by Gasteiger charge is -2.10. The zero-order chi connectivity index (χ0) is 12.3. The first-order chi connectivity index (χ1) is 8.38. The molecule has 17 heavy (non-hydrogen) atoms. The van der Waals surface area contributed by atoms with E-state index in [1.54, 1.807) is 7.11 Å². The van der Waals surface area contributed by atoms with Crippen molar-refractivity contribution in [1.29, 1.82) is 0 Å². The van der Waals surface area contributed by atoms with Crippen LogP contribution in [-0.4, -0.2) is 26.9 Å². The van der Waals surface area contributed by atoms with E-state index in [-0.39, 0.29) is 0 Å². The lowest BCUT2D eigenvalue weighted by Crippen LogP contribution is -2.15. The van der Waals surface area contributed by atoms with Crippen LogP contribution in [0, 0.1) is 0 Å². The molecule has 3 nitrogen and oxygen atoms in total. The lowest BCUT2D eigenvalue weighted by molar-refractivity contribution is 0.0613. The molecule has 0 bridgehead atoms. The van der Waals surface area contributed by atoms with E-state index in [0.29, 0.717) is 19.8 Å². The van der Waals surface area contributed by atoms with E-state index < -0.39 is 0 Å². The second-order valence-corrected chi connectivity index (χ2v) is 3.99. The van der Waals surface area contributed by atoms with Crippen LogP contribution in [-0.2, 0) is 22.6 Å². The van der Waals surface area contributed by atoms with Gasteiger partial charge in [-0.25, -0.2) is 0 Å². The smallest absolute Gasteiger partial charge is 0.0721 e. The largest absolute Gasteiger partial charge is 0.382 e. The molecule has 0 amide bonds. The van der Waals surface area contributed by atoms with Crippen molar-refractivity contribution in [2.24, 2.45) is 0 Å². The predicted octanol–water partition coefficient (Wildman–Crippen LogP) is 2.35. The van der Waals surface area contributed by atoms with Gasteiger partial charge in [-0.05, 0) is 24.1 Å². The molecule has 0 saturated heterocycles. The number of rotatable bonds is 9. The maximum absolute atomic E-state index is 5.55. The molecule has 96 valence electrons. The van der Waals surface area contributed by atoms with Gasteiger partial charge in [0.1, 0.15) is 0 Å². The molecule has 0 unspecified atom stereocenters. The third kappa shape index (κ3) is 5.82. The monoisotopic (exact) mass is 237 g/mol. The summed E-state index contributed by atoms with van der Waals surface area (Å²) < 4.78 is 10.5. The molecular formula is C14H23NO2. The Kier molecular flexibility index (Phi) is 7.63. The van der Waals surface area contributed by atoms with Gasteiger partial charge in [-0.2, -0.15) is 0 Å². The van der Waals surface area contributed by atoms with Crippen molar-refractivity contribution in [2.45, 2.75) is 26.5 Å². The third-order valence-electron chi connectivity index (χ3n) is 2.55. The molecule has 1 rings (SSSR count). The summed E-state index contributed by atoms with van der Waals surface area (Å²) in [6, 6.07) is 8.40. The van der Waals surface area contributed by atoms with Crippen LogP contribution in [0.4, 0.5) is 0 Å². The summed E-state index contributed by atoms with van der Waals surface area (Å²) in [6.07, 6.45) is 1.16. The van der Waals surface area contributed by atoms with E-state index in [2.05, 4.69) is 36.5 Å². The van der Waals surface area contributed by atoms with Crippen LogP contribution in [0.5, 0.6) is 0 Å². The number of ether oxygens (including phenoxy) is 2. The molecule has 0 aliphatic heterocycles. The molecule has 0 heterocycles. The minimum Gasteiger partial charge on any atom is -0.382 e. The van der Waals surface area contributed by atoms with Crippen molar-refractivity contribution in [1.82, 2.24) is 5.32 Å². The van der Waals surface area contributed by atoms with Gasteiger partial charge in [0.05, 0.1) is 19.8 Å². The van der Waals surface area contributed by atoms with Crippen molar-refractivity contribution in [3.63, 3.8) is 0 Å². The first-order valence-corrected chi connectivity index (χ1v) is 6.22. The van der Waals surface area contributed by atoms with Crippen molar-refractivity contribution in [2.75, 3.05) is 26.9 Å². The molecule has 1 aromatic carbocycles. The van der Waals surface area contributed by atoms with E-state index in [0.717, 1.165) is 19.5 Å². The molecular weight excluding hydrogens is 214 g/mol. The summed E-state index contributed by atoms with van der Waals surface area (Å²) in [5.41, 5.74) is 2.57. The number of nitrogens with one attached hydrogen (secondary N) is 1. The van der Waals surface area contributed by atoms with E-state index >= 15 is 0 Å². The Morgan fingerprint density at radius 1 is 1.12 bits per heavy atom. The minimum atomic E-state index is 0.646. The Morgan fingerprint density at radius 2 is 1.88 bits per heavy atom. The summed E-state index contributed by atoms with van der Waals surface area (Å²) in [5.74, 6) is 0. The Bertz CT molecular complexity index is 302. The van der Waals surface area contributed by atoms with Crippen molar-refractivity contribution in [3.8, 4) is 0 Å². The zero-order valence-electron chi connectivity index (χ0n) is 10.9. The molecule has 1 N–H and O–H groups in total. The lowest BCUT2D eigenvalue weighted by atomic mass is 10.1. The van der Waals surface area contributed by atoms with Gasteiger partial charge >= 0.3 is 0 Å². The fourth-order valence-electron chi connectivity index (χ4n) is 1.59. The van der Waals surface area contributed by atoms with Gasteiger partial charge in [0, 0.05) is 13.7 Å². The van der Waals surface area contributed by atoms with E-state index in [4.69, 9.17) is 9.47 Å². The zero-order valence-corrected chi connectivity index (χ0v) is 10.9. The van der Waals surface area contributed by atoms with Gasteiger partial charge in [0.25, 0.3) is 0 Å². The maximum atomic E-state index is 5.55. The first-order valence-electron chi connectivity index (χ1n) is 6.22. The van der Waals surface area contributed by atoms with Crippen LogP contribution in [0.3, 0.4) is 0 Å².